The first-order chi connectivity index (χ1) is 10.2. The van der Waals surface area contributed by atoms with Crippen molar-refractivity contribution < 1.29 is 14.6 Å². The number of fused-ring (bicyclic) bond motifs is 1. The van der Waals surface area contributed by atoms with E-state index in [-0.39, 0.29) is 11.7 Å². The lowest BCUT2D eigenvalue weighted by Gasteiger charge is -2.03. The van der Waals surface area contributed by atoms with E-state index in [4.69, 9.17) is 4.74 Å². The number of nitrogens with one attached hydrogen (secondary N) is 1. The van der Waals surface area contributed by atoms with E-state index >= 15 is 0 Å². The number of ether oxygens (including phenoxy) is 1. The lowest BCUT2D eigenvalue weighted by Crippen LogP contribution is -2.11. The highest BCUT2D eigenvalue weighted by Gasteiger charge is 2.10. The van der Waals surface area contributed by atoms with Gasteiger partial charge in [0.1, 0.15) is 11.5 Å². The molecule has 1 amide bonds. The Bertz CT molecular complexity index is 796. The molecule has 3 aromatic rings. The van der Waals surface area contributed by atoms with Crippen LogP contribution in [0, 0.1) is 0 Å². The van der Waals surface area contributed by atoms with Gasteiger partial charge in [-0.05, 0) is 42.5 Å². The average molecular weight is 300 g/mol. The molecule has 0 bridgehead atoms. The van der Waals surface area contributed by atoms with Crippen molar-refractivity contribution in [2.45, 2.75) is 0 Å². The number of methoxy groups -OCH3 is 1. The fraction of sp³-hybridized carbons (Fsp3) is 0.0667. The standard InChI is InChI=1S/C15H12N2O3S/c1-20-11-5-2-9(3-6-11)14(19)17-15-16-12-7-4-10(18)8-13(12)21-15/h2-8,18H,1H3,(H,16,17,19). The summed E-state index contributed by atoms with van der Waals surface area (Å²) in [5, 5.41) is 12.7. The summed E-state index contributed by atoms with van der Waals surface area (Å²) in [6.07, 6.45) is 0. The average Bonchev–Trinajstić information content (AvgIpc) is 2.88. The number of phenols is 1. The number of aromatic nitrogens is 1. The molecule has 0 radical (unpaired) electrons. The van der Waals surface area contributed by atoms with E-state index < -0.39 is 0 Å². The molecule has 0 atom stereocenters. The molecule has 0 aliphatic carbocycles. The van der Waals surface area contributed by atoms with E-state index in [1.165, 1.54) is 11.3 Å². The Kier molecular flexibility index (Phi) is 3.45. The minimum atomic E-state index is -0.235. The largest absolute Gasteiger partial charge is 0.508 e. The quantitative estimate of drug-likeness (QED) is 0.779. The van der Waals surface area contributed by atoms with Gasteiger partial charge in [0.25, 0.3) is 5.91 Å². The first-order valence-electron chi connectivity index (χ1n) is 6.20. The second-order valence-corrected chi connectivity index (χ2v) is 5.38. The van der Waals surface area contributed by atoms with Gasteiger partial charge in [0, 0.05) is 5.56 Å². The van der Waals surface area contributed by atoms with Crippen molar-refractivity contribution in [1.82, 2.24) is 4.98 Å². The number of hydrogen-bond acceptors (Lipinski definition) is 5. The van der Waals surface area contributed by atoms with Crippen molar-refractivity contribution >= 4 is 32.6 Å². The Morgan fingerprint density at radius 2 is 2.00 bits per heavy atom. The lowest BCUT2D eigenvalue weighted by molar-refractivity contribution is 0.102. The van der Waals surface area contributed by atoms with Gasteiger partial charge >= 0.3 is 0 Å². The molecule has 0 saturated carbocycles. The van der Waals surface area contributed by atoms with Crippen LogP contribution in [0.25, 0.3) is 10.2 Å². The molecule has 0 saturated heterocycles. The van der Waals surface area contributed by atoms with Crippen molar-refractivity contribution in [3.05, 3.63) is 48.0 Å². The second-order valence-electron chi connectivity index (χ2n) is 4.35. The Balaban J connectivity index is 1.81. The third-order valence-electron chi connectivity index (χ3n) is 2.94. The van der Waals surface area contributed by atoms with Gasteiger partial charge in [-0.2, -0.15) is 0 Å². The number of anilines is 1. The number of hydrogen-bond donors (Lipinski definition) is 2. The number of nitrogens with zero attached hydrogens (tertiary/aromatic N) is 1. The third kappa shape index (κ3) is 2.80. The van der Waals surface area contributed by atoms with Crippen molar-refractivity contribution in [2.24, 2.45) is 0 Å². The SMILES string of the molecule is COc1ccc(C(=O)Nc2nc3ccc(O)cc3s2)cc1. The van der Waals surface area contributed by atoms with Crippen LogP contribution in [0.3, 0.4) is 0 Å². The van der Waals surface area contributed by atoms with Gasteiger partial charge in [-0.3, -0.25) is 10.1 Å². The van der Waals surface area contributed by atoms with Crippen LogP contribution in [-0.2, 0) is 0 Å². The minimum Gasteiger partial charge on any atom is -0.508 e. The molecule has 0 aliphatic rings. The van der Waals surface area contributed by atoms with E-state index in [0.29, 0.717) is 16.4 Å². The number of carbonyl (C=O) groups excluding carboxylic acids is 1. The van der Waals surface area contributed by atoms with Gasteiger partial charge < -0.3 is 9.84 Å². The summed E-state index contributed by atoms with van der Waals surface area (Å²) in [4.78, 5) is 16.4. The zero-order valence-corrected chi connectivity index (χ0v) is 12.0. The van der Waals surface area contributed by atoms with Crippen LogP contribution >= 0.6 is 11.3 Å². The minimum absolute atomic E-state index is 0.180. The van der Waals surface area contributed by atoms with Crippen molar-refractivity contribution in [3.8, 4) is 11.5 Å². The maximum atomic E-state index is 12.1. The number of aromatic hydroxyl groups is 1. The molecule has 5 nitrogen and oxygen atoms in total. The van der Waals surface area contributed by atoms with Crippen molar-refractivity contribution in [2.75, 3.05) is 12.4 Å². The van der Waals surface area contributed by atoms with Gasteiger partial charge in [-0.25, -0.2) is 4.98 Å². The van der Waals surface area contributed by atoms with Crippen LogP contribution in [0.15, 0.2) is 42.5 Å². The van der Waals surface area contributed by atoms with Crippen LogP contribution in [0.2, 0.25) is 0 Å². The number of carbonyl (C=O) groups is 1. The summed E-state index contributed by atoms with van der Waals surface area (Å²) >= 11 is 1.31. The summed E-state index contributed by atoms with van der Waals surface area (Å²) in [5.74, 6) is 0.641. The lowest BCUT2D eigenvalue weighted by atomic mass is 10.2. The Hall–Kier alpha value is -2.60. The number of rotatable bonds is 3. The molecule has 1 heterocycles. The predicted molar refractivity (Wildman–Crippen MR) is 82.2 cm³/mol. The maximum Gasteiger partial charge on any atom is 0.257 e. The van der Waals surface area contributed by atoms with Gasteiger partial charge in [0.05, 0.1) is 17.3 Å². The molecule has 3 rings (SSSR count). The van der Waals surface area contributed by atoms with Crippen LogP contribution in [-0.4, -0.2) is 23.1 Å². The van der Waals surface area contributed by atoms with Crippen molar-refractivity contribution in [3.63, 3.8) is 0 Å². The van der Waals surface area contributed by atoms with Crippen LogP contribution < -0.4 is 10.1 Å². The first-order valence-corrected chi connectivity index (χ1v) is 7.02. The summed E-state index contributed by atoms with van der Waals surface area (Å²) in [6, 6.07) is 11.7. The van der Waals surface area contributed by atoms with Gasteiger partial charge in [-0.1, -0.05) is 11.3 Å². The molecule has 0 spiro atoms. The molecule has 1 aromatic heterocycles. The Labute approximate surface area is 124 Å². The number of phenolic OH excluding ortho intramolecular Hbond substituents is 1. The topological polar surface area (TPSA) is 71.5 Å². The van der Waals surface area contributed by atoms with Crippen molar-refractivity contribution in [1.29, 1.82) is 0 Å². The Morgan fingerprint density at radius 3 is 2.71 bits per heavy atom. The van der Waals surface area contributed by atoms with E-state index in [2.05, 4.69) is 10.3 Å². The molecule has 21 heavy (non-hydrogen) atoms. The molecule has 6 heteroatoms. The molecule has 2 aromatic carbocycles. The fourth-order valence-electron chi connectivity index (χ4n) is 1.88. The summed E-state index contributed by atoms with van der Waals surface area (Å²) < 4.78 is 5.87. The monoisotopic (exact) mass is 300 g/mol. The van der Waals surface area contributed by atoms with Gasteiger partial charge in [0.15, 0.2) is 5.13 Å². The molecule has 0 aliphatic heterocycles. The normalized spacial score (nSPS) is 10.5. The highest BCUT2D eigenvalue weighted by Crippen LogP contribution is 2.29. The van der Waals surface area contributed by atoms with Gasteiger partial charge in [-0.15, -0.1) is 0 Å². The smallest absolute Gasteiger partial charge is 0.257 e. The molecule has 0 unspecified atom stereocenters. The summed E-state index contributed by atoms with van der Waals surface area (Å²) in [6.45, 7) is 0. The maximum absolute atomic E-state index is 12.1. The summed E-state index contributed by atoms with van der Waals surface area (Å²) in [7, 11) is 1.58. The Morgan fingerprint density at radius 1 is 1.24 bits per heavy atom. The zero-order chi connectivity index (χ0) is 14.8. The van der Waals surface area contributed by atoms with E-state index in [9.17, 15) is 9.90 Å². The van der Waals surface area contributed by atoms with E-state index in [1.54, 1.807) is 49.6 Å². The molecule has 2 N–H and O–H groups in total. The number of amides is 1. The molecule has 0 fully saturated rings. The van der Waals surface area contributed by atoms with E-state index in [1.807, 2.05) is 0 Å². The van der Waals surface area contributed by atoms with Crippen LogP contribution in [0.5, 0.6) is 11.5 Å². The predicted octanol–water partition coefficient (Wildman–Crippen LogP) is 3.26. The second kappa shape index (κ2) is 5.41. The highest BCUT2D eigenvalue weighted by atomic mass is 32.1. The highest BCUT2D eigenvalue weighted by molar-refractivity contribution is 7.22. The molecular weight excluding hydrogens is 288 g/mol. The first kappa shape index (κ1) is 13.4. The van der Waals surface area contributed by atoms with Gasteiger partial charge in [0.2, 0.25) is 0 Å². The molecular formula is C15H12N2O3S. The van der Waals surface area contributed by atoms with Crippen LogP contribution in [0.4, 0.5) is 5.13 Å². The molecule has 106 valence electrons. The third-order valence-corrected chi connectivity index (χ3v) is 3.88. The fourth-order valence-corrected chi connectivity index (χ4v) is 2.77. The summed E-state index contributed by atoms with van der Waals surface area (Å²) in [5.41, 5.74) is 1.26. The van der Waals surface area contributed by atoms with Crippen LogP contribution in [0.1, 0.15) is 10.4 Å². The number of benzene rings is 2. The van der Waals surface area contributed by atoms with E-state index in [0.717, 1.165) is 10.2 Å². The zero-order valence-electron chi connectivity index (χ0n) is 11.2. The number of thiazole rings is 1.